The predicted octanol–water partition coefficient (Wildman–Crippen LogP) is 1.22. The van der Waals surface area contributed by atoms with E-state index in [0.29, 0.717) is 6.54 Å². The first-order valence-corrected chi connectivity index (χ1v) is 5.14. The van der Waals surface area contributed by atoms with Gasteiger partial charge in [-0.05, 0) is 19.4 Å². The topological polar surface area (TPSA) is 60.9 Å². The molecule has 0 spiro atoms. The molecule has 0 saturated heterocycles. The van der Waals surface area contributed by atoms with Crippen molar-refractivity contribution in [3.63, 3.8) is 0 Å². The standard InChI is InChI=1S/C10H19N3O/c1-3-4-9(14)7-11-8(2)10-5-6-12-13-10/h5-6,8-9,11,14H,3-4,7H2,1-2H3,(H,12,13). The molecule has 80 valence electrons. The van der Waals surface area contributed by atoms with E-state index >= 15 is 0 Å². The number of H-pyrrole nitrogens is 1. The average molecular weight is 197 g/mol. The van der Waals surface area contributed by atoms with Crippen LogP contribution in [0, 0.1) is 0 Å². The lowest BCUT2D eigenvalue weighted by Gasteiger charge is -2.15. The van der Waals surface area contributed by atoms with Gasteiger partial charge in [0.1, 0.15) is 0 Å². The zero-order valence-corrected chi connectivity index (χ0v) is 8.83. The lowest BCUT2D eigenvalue weighted by Crippen LogP contribution is -2.29. The molecule has 1 rings (SSSR count). The van der Waals surface area contributed by atoms with E-state index in [1.165, 1.54) is 0 Å². The summed E-state index contributed by atoms with van der Waals surface area (Å²) in [6.45, 7) is 4.75. The molecule has 1 aromatic rings. The molecule has 4 nitrogen and oxygen atoms in total. The van der Waals surface area contributed by atoms with Gasteiger partial charge in [0.25, 0.3) is 0 Å². The quantitative estimate of drug-likeness (QED) is 0.642. The summed E-state index contributed by atoms with van der Waals surface area (Å²) in [4.78, 5) is 0. The molecule has 3 N–H and O–H groups in total. The van der Waals surface area contributed by atoms with Crippen LogP contribution in [0.2, 0.25) is 0 Å². The van der Waals surface area contributed by atoms with Crippen molar-refractivity contribution in [3.05, 3.63) is 18.0 Å². The highest BCUT2D eigenvalue weighted by Crippen LogP contribution is 2.07. The summed E-state index contributed by atoms with van der Waals surface area (Å²) < 4.78 is 0. The summed E-state index contributed by atoms with van der Waals surface area (Å²) in [7, 11) is 0. The van der Waals surface area contributed by atoms with Gasteiger partial charge in [0, 0.05) is 18.8 Å². The van der Waals surface area contributed by atoms with E-state index in [2.05, 4.69) is 22.4 Å². The van der Waals surface area contributed by atoms with Gasteiger partial charge in [-0.15, -0.1) is 0 Å². The van der Waals surface area contributed by atoms with Crippen LogP contribution in [0.3, 0.4) is 0 Å². The maximum Gasteiger partial charge on any atom is 0.0664 e. The highest BCUT2D eigenvalue weighted by atomic mass is 16.3. The molecule has 0 aliphatic rings. The number of nitrogens with zero attached hydrogens (tertiary/aromatic N) is 1. The number of aromatic nitrogens is 2. The van der Waals surface area contributed by atoms with Crippen LogP contribution in [-0.4, -0.2) is 28.0 Å². The minimum atomic E-state index is -0.245. The zero-order chi connectivity index (χ0) is 10.4. The fourth-order valence-corrected chi connectivity index (χ4v) is 1.37. The molecule has 1 heterocycles. The third kappa shape index (κ3) is 3.47. The SMILES string of the molecule is CCCC(O)CNC(C)c1ccn[nH]1. The number of hydrogen-bond acceptors (Lipinski definition) is 3. The monoisotopic (exact) mass is 197 g/mol. The molecule has 4 heteroatoms. The van der Waals surface area contributed by atoms with Gasteiger partial charge in [0.15, 0.2) is 0 Å². The van der Waals surface area contributed by atoms with Gasteiger partial charge in [-0.3, -0.25) is 5.10 Å². The first-order chi connectivity index (χ1) is 6.74. The Kier molecular flexibility index (Phi) is 4.62. The van der Waals surface area contributed by atoms with Crippen LogP contribution in [-0.2, 0) is 0 Å². The van der Waals surface area contributed by atoms with Crippen LogP contribution in [0.5, 0.6) is 0 Å². The summed E-state index contributed by atoms with van der Waals surface area (Å²) in [5.74, 6) is 0. The molecule has 0 amide bonds. The van der Waals surface area contributed by atoms with Gasteiger partial charge < -0.3 is 10.4 Å². The Hall–Kier alpha value is -0.870. The number of aromatic amines is 1. The molecular weight excluding hydrogens is 178 g/mol. The first-order valence-electron chi connectivity index (χ1n) is 5.14. The molecule has 14 heavy (non-hydrogen) atoms. The van der Waals surface area contributed by atoms with E-state index in [9.17, 15) is 5.11 Å². The second-order valence-corrected chi connectivity index (χ2v) is 3.58. The largest absolute Gasteiger partial charge is 0.392 e. The molecule has 2 unspecified atom stereocenters. The zero-order valence-electron chi connectivity index (χ0n) is 8.83. The van der Waals surface area contributed by atoms with Crippen LogP contribution in [0.1, 0.15) is 38.4 Å². The fraction of sp³-hybridized carbons (Fsp3) is 0.700. The van der Waals surface area contributed by atoms with Gasteiger partial charge in [0.2, 0.25) is 0 Å². The van der Waals surface area contributed by atoms with Crippen molar-refractivity contribution >= 4 is 0 Å². The minimum Gasteiger partial charge on any atom is -0.392 e. The number of hydrogen-bond donors (Lipinski definition) is 3. The van der Waals surface area contributed by atoms with Crippen molar-refractivity contribution in [2.24, 2.45) is 0 Å². The van der Waals surface area contributed by atoms with E-state index < -0.39 is 0 Å². The van der Waals surface area contributed by atoms with Crippen LogP contribution < -0.4 is 5.32 Å². The first kappa shape index (κ1) is 11.2. The van der Waals surface area contributed by atoms with Crippen molar-refractivity contribution in [2.45, 2.75) is 38.8 Å². The van der Waals surface area contributed by atoms with Crippen molar-refractivity contribution < 1.29 is 5.11 Å². The fourth-order valence-electron chi connectivity index (χ4n) is 1.37. The maximum atomic E-state index is 9.51. The molecule has 0 aromatic carbocycles. The summed E-state index contributed by atoms with van der Waals surface area (Å²) in [5, 5.41) is 19.5. The van der Waals surface area contributed by atoms with Crippen molar-refractivity contribution in [1.82, 2.24) is 15.5 Å². The maximum absolute atomic E-state index is 9.51. The summed E-state index contributed by atoms with van der Waals surface area (Å²) in [6, 6.07) is 2.15. The molecule has 1 aromatic heterocycles. The third-order valence-corrected chi connectivity index (χ3v) is 2.27. The molecular formula is C10H19N3O. The smallest absolute Gasteiger partial charge is 0.0664 e. The number of aliphatic hydroxyl groups excluding tert-OH is 1. The van der Waals surface area contributed by atoms with E-state index in [4.69, 9.17) is 0 Å². The Labute approximate surface area is 84.7 Å². The van der Waals surface area contributed by atoms with Crippen molar-refractivity contribution in [1.29, 1.82) is 0 Å². The van der Waals surface area contributed by atoms with Gasteiger partial charge in [-0.2, -0.15) is 5.10 Å². The van der Waals surface area contributed by atoms with Crippen LogP contribution >= 0.6 is 0 Å². The normalized spacial score (nSPS) is 15.4. The summed E-state index contributed by atoms with van der Waals surface area (Å²) in [5.41, 5.74) is 1.05. The Balaban J connectivity index is 2.24. The average Bonchev–Trinajstić information content (AvgIpc) is 2.67. The lowest BCUT2D eigenvalue weighted by atomic mass is 10.2. The van der Waals surface area contributed by atoms with E-state index in [-0.39, 0.29) is 12.1 Å². The highest BCUT2D eigenvalue weighted by Gasteiger charge is 2.08. The van der Waals surface area contributed by atoms with Crippen molar-refractivity contribution in [3.8, 4) is 0 Å². The number of aliphatic hydroxyl groups is 1. The van der Waals surface area contributed by atoms with Crippen LogP contribution in [0.4, 0.5) is 0 Å². The molecule has 0 fully saturated rings. The minimum absolute atomic E-state index is 0.212. The molecule has 0 radical (unpaired) electrons. The molecule has 2 atom stereocenters. The van der Waals surface area contributed by atoms with Gasteiger partial charge in [-0.1, -0.05) is 13.3 Å². The third-order valence-electron chi connectivity index (χ3n) is 2.27. The number of rotatable bonds is 6. The second-order valence-electron chi connectivity index (χ2n) is 3.58. The molecule has 0 aliphatic carbocycles. The van der Waals surface area contributed by atoms with Gasteiger partial charge in [0.05, 0.1) is 11.8 Å². The Morgan fingerprint density at radius 3 is 3.00 bits per heavy atom. The molecule has 0 aliphatic heterocycles. The van der Waals surface area contributed by atoms with Crippen molar-refractivity contribution in [2.75, 3.05) is 6.54 Å². The lowest BCUT2D eigenvalue weighted by molar-refractivity contribution is 0.157. The summed E-state index contributed by atoms with van der Waals surface area (Å²) in [6.07, 6.45) is 3.35. The Morgan fingerprint density at radius 1 is 1.64 bits per heavy atom. The molecule has 0 saturated carbocycles. The van der Waals surface area contributed by atoms with E-state index in [1.807, 2.05) is 13.0 Å². The van der Waals surface area contributed by atoms with E-state index in [1.54, 1.807) is 6.20 Å². The molecule has 0 bridgehead atoms. The van der Waals surface area contributed by atoms with Gasteiger partial charge in [-0.25, -0.2) is 0 Å². The Morgan fingerprint density at radius 2 is 2.43 bits per heavy atom. The van der Waals surface area contributed by atoms with Gasteiger partial charge >= 0.3 is 0 Å². The predicted molar refractivity (Wildman–Crippen MR) is 55.9 cm³/mol. The highest BCUT2D eigenvalue weighted by molar-refractivity contribution is 5.02. The van der Waals surface area contributed by atoms with Crippen LogP contribution in [0.25, 0.3) is 0 Å². The van der Waals surface area contributed by atoms with Crippen LogP contribution in [0.15, 0.2) is 12.3 Å². The number of nitrogens with one attached hydrogen (secondary N) is 2. The summed E-state index contributed by atoms with van der Waals surface area (Å²) >= 11 is 0. The second kappa shape index (κ2) is 5.78. The van der Waals surface area contributed by atoms with E-state index in [0.717, 1.165) is 18.5 Å². The Bertz CT molecular complexity index is 236.